The van der Waals surface area contributed by atoms with Gasteiger partial charge in [-0.05, 0) is 23.3 Å². The van der Waals surface area contributed by atoms with Crippen LogP contribution < -0.4 is 5.32 Å². The van der Waals surface area contributed by atoms with Crippen LogP contribution in [0.5, 0.6) is 0 Å². The summed E-state index contributed by atoms with van der Waals surface area (Å²) in [6, 6.07) is 5.60. The van der Waals surface area contributed by atoms with Crippen LogP contribution in [0, 0.1) is 0 Å². The molecule has 1 aliphatic heterocycles. The maximum Gasteiger partial charge on any atom is 0.219 e. The average molecular weight is 414 g/mol. The van der Waals surface area contributed by atoms with Crippen LogP contribution in [0.4, 0.5) is 15.9 Å². The van der Waals surface area contributed by atoms with Gasteiger partial charge in [0.2, 0.25) is 5.91 Å². The smallest absolute Gasteiger partial charge is 0.219 e. The molecule has 0 saturated heterocycles. The molecule has 9 heteroatoms. The molecule has 7 nitrogen and oxygen atoms in total. The predicted molar refractivity (Wildman–Crippen MR) is 113 cm³/mol. The van der Waals surface area contributed by atoms with E-state index in [4.69, 9.17) is 0 Å². The highest BCUT2D eigenvalue weighted by Gasteiger charge is 2.25. The highest BCUT2D eigenvalue weighted by atomic mass is 31.0. The predicted octanol–water partition coefficient (Wildman–Crippen LogP) is 3.31. The minimum absolute atomic E-state index is 0.0526. The lowest BCUT2D eigenvalue weighted by Gasteiger charge is -2.26. The number of alkyl halides is 1. The molecule has 2 unspecified atom stereocenters. The summed E-state index contributed by atoms with van der Waals surface area (Å²) in [5.41, 5.74) is 5.10. The van der Waals surface area contributed by atoms with E-state index in [1.165, 1.54) is 0 Å². The molecule has 0 radical (unpaired) electrons. The maximum absolute atomic E-state index is 14.4. The number of nitrogens with zero attached hydrogens (tertiary/aromatic N) is 5. The number of aromatic nitrogens is 4. The monoisotopic (exact) mass is 414 g/mol. The van der Waals surface area contributed by atoms with Gasteiger partial charge >= 0.3 is 0 Å². The second-order valence-corrected chi connectivity index (χ2v) is 7.90. The normalized spacial score (nSPS) is 14.6. The number of benzene rings is 1. The van der Waals surface area contributed by atoms with E-state index in [0.29, 0.717) is 24.5 Å². The third-order valence-corrected chi connectivity index (χ3v) is 5.67. The number of amides is 1. The van der Waals surface area contributed by atoms with Crippen LogP contribution in [-0.4, -0.2) is 36.9 Å². The van der Waals surface area contributed by atoms with Gasteiger partial charge < -0.3 is 10.2 Å². The second-order valence-electron chi connectivity index (χ2n) is 7.32. The summed E-state index contributed by atoms with van der Waals surface area (Å²) in [6.45, 7) is 2.80. The lowest BCUT2D eigenvalue weighted by Crippen LogP contribution is -2.34. The molecule has 3 heterocycles. The lowest BCUT2D eigenvalue weighted by molar-refractivity contribution is -0.129. The number of carbonyl (C=O) groups is 1. The Hall–Kier alpha value is -2.73. The second kappa shape index (κ2) is 7.59. The van der Waals surface area contributed by atoms with Crippen molar-refractivity contribution in [2.24, 2.45) is 14.1 Å². The van der Waals surface area contributed by atoms with Crippen LogP contribution in [0.25, 0.3) is 11.1 Å². The number of aryl methyl sites for hydroxylation is 2. The minimum atomic E-state index is -1.21. The molecule has 3 aromatic rings. The Morgan fingerprint density at radius 1 is 1.34 bits per heavy atom. The fraction of sp³-hybridized carbons (Fsp3) is 0.350. The van der Waals surface area contributed by atoms with E-state index in [1.807, 2.05) is 42.0 Å². The van der Waals surface area contributed by atoms with E-state index in [2.05, 4.69) is 24.8 Å². The van der Waals surface area contributed by atoms with Crippen molar-refractivity contribution in [2.75, 3.05) is 11.9 Å². The standard InChI is InChI=1S/C20H24FN6OP/c1-12(28)27-7-6-18-17(11-27)20(24-26(18)3)23-14-4-5-15(16(8-14)19(21)29)13-9-22-25(2)10-13/h4-5,8-10,19H,6-7,11,29H2,1-3H3,(H,23,24). The molecule has 1 amide bonds. The number of carbonyl (C=O) groups excluding carboxylic acids is 1. The van der Waals surface area contributed by atoms with Crippen molar-refractivity contribution in [3.8, 4) is 11.1 Å². The molecule has 0 saturated carbocycles. The molecule has 1 aromatic carbocycles. The summed E-state index contributed by atoms with van der Waals surface area (Å²) in [7, 11) is 5.95. The molecule has 2 aromatic heterocycles. The number of nitrogens with one attached hydrogen (secondary N) is 1. The molecule has 0 aliphatic carbocycles. The van der Waals surface area contributed by atoms with Crippen LogP contribution in [0.1, 0.15) is 29.7 Å². The van der Waals surface area contributed by atoms with Gasteiger partial charge in [-0.3, -0.25) is 14.2 Å². The first-order valence-corrected chi connectivity index (χ1v) is 10.1. The molecule has 152 valence electrons. The van der Waals surface area contributed by atoms with E-state index in [-0.39, 0.29) is 5.91 Å². The topological polar surface area (TPSA) is 68.0 Å². The summed E-state index contributed by atoms with van der Waals surface area (Å²) >= 11 is 0. The average Bonchev–Trinajstić information content (AvgIpc) is 3.25. The number of hydrogen-bond acceptors (Lipinski definition) is 4. The number of halogens is 1. The Labute approximate surface area is 171 Å². The molecule has 0 bridgehead atoms. The maximum atomic E-state index is 14.4. The lowest BCUT2D eigenvalue weighted by atomic mass is 10.0. The van der Waals surface area contributed by atoms with Crippen molar-refractivity contribution >= 4 is 26.7 Å². The van der Waals surface area contributed by atoms with Gasteiger partial charge in [0.05, 0.1) is 12.7 Å². The minimum Gasteiger partial charge on any atom is -0.338 e. The largest absolute Gasteiger partial charge is 0.338 e. The fourth-order valence-electron chi connectivity index (χ4n) is 3.79. The Morgan fingerprint density at radius 2 is 2.14 bits per heavy atom. The van der Waals surface area contributed by atoms with Crippen LogP contribution in [0.2, 0.25) is 0 Å². The first kappa shape index (κ1) is 19.6. The third-order valence-electron chi connectivity index (χ3n) is 5.31. The van der Waals surface area contributed by atoms with E-state index in [9.17, 15) is 9.18 Å². The SMILES string of the molecule is CC(=O)N1CCc2c(c(Nc3ccc(-c4cnn(C)c4)c(C(F)P)c3)nn2C)C1. The van der Waals surface area contributed by atoms with Crippen molar-refractivity contribution in [3.05, 3.63) is 47.4 Å². The first-order chi connectivity index (χ1) is 13.8. The summed E-state index contributed by atoms with van der Waals surface area (Å²) < 4.78 is 17.9. The summed E-state index contributed by atoms with van der Waals surface area (Å²) in [5, 5.41) is 12.1. The van der Waals surface area contributed by atoms with Crippen molar-refractivity contribution in [3.63, 3.8) is 0 Å². The van der Waals surface area contributed by atoms with E-state index < -0.39 is 5.91 Å². The zero-order valence-electron chi connectivity index (χ0n) is 16.7. The van der Waals surface area contributed by atoms with Gasteiger partial charge in [0.15, 0.2) is 5.82 Å². The Balaban J connectivity index is 1.67. The molecular formula is C20H24FN6OP. The zero-order valence-corrected chi connectivity index (χ0v) is 17.8. The van der Waals surface area contributed by atoms with E-state index in [1.54, 1.807) is 23.9 Å². The van der Waals surface area contributed by atoms with Gasteiger partial charge in [-0.1, -0.05) is 15.3 Å². The molecule has 1 N–H and O–H groups in total. The molecule has 0 spiro atoms. The number of fused-ring (bicyclic) bond motifs is 1. The highest BCUT2D eigenvalue weighted by Crippen LogP contribution is 2.37. The molecule has 1 aliphatic rings. The Bertz CT molecular complexity index is 1070. The highest BCUT2D eigenvalue weighted by molar-refractivity contribution is 7.16. The quantitative estimate of drug-likeness (QED) is 0.665. The van der Waals surface area contributed by atoms with Crippen LogP contribution in [0.3, 0.4) is 0 Å². The van der Waals surface area contributed by atoms with Gasteiger partial charge in [-0.2, -0.15) is 10.2 Å². The van der Waals surface area contributed by atoms with Crippen LogP contribution in [0.15, 0.2) is 30.6 Å². The molecule has 0 fully saturated rings. The summed E-state index contributed by atoms with van der Waals surface area (Å²) in [4.78, 5) is 13.6. The third kappa shape index (κ3) is 3.77. The van der Waals surface area contributed by atoms with Crippen molar-refractivity contribution < 1.29 is 9.18 Å². The molecule has 29 heavy (non-hydrogen) atoms. The molecular weight excluding hydrogens is 390 g/mol. The first-order valence-electron chi connectivity index (χ1n) is 9.43. The fourth-order valence-corrected chi connectivity index (χ4v) is 4.07. The zero-order chi connectivity index (χ0) is 20.7. The number of anilines is 2. The van der Waals surface area contributed by atoms with Crippen LogP contribution >= 0.6 is 9.24 Å². The number of hydrogen-bond donors (Lipinski definition) is 1. The van der Waals surface area contributed by atoms with Crippen molar-refractivity contribution in [1.82, 2.24) is 24.5 Å². The van der Waals surface area contributed by atoms with Crippen molar-refractivity contribution in [2.45, 2.75) is 25.8 Å². The van der Waals surface area contributed by atoms with Gasteiger partial charge in [0.1, 0.15) is 5.91 Å². The van der Waals surface area contributed by atoms with E-state index in [0.717, 1.165) is 34.5 Å². The van der Waals surface area contributed by atoms with E-state index >= 15 is 0 Å². The summed E-state index contributed by atoms with van der Waals surface area (Å²) in [5.74, 6) is -0.456. The molecule has 2 atom stereocenters. The van der Waals surface area contributed by atoms with Crippen molar-refractivity contribution in [1.29, 1.82) is 0 Å². The Morgan fingerprint density at radius 3 is 2.79 bits per heavy atom. The number of rotatable bonds is 4. The molecule has 4 rings (SSSR count). The van der Waals surface area contributed by atoms with Crippen LogP contribution in [-0.2, 0) is 31.9 Å². The Kier molecular flexibility index (Phi) is 5.13. The van der Waals surface area contributed by atoms with Gasteiger partial charge in [-0.15, -0.1) is 0 Å². The van der Waals surface area contributed by atoms with Gasteiger partial charge in [0, 0.05) is 62.7 Å². The van der Waals surface area contributed by atoms with Gasteiger partial charge in [0.25, 0.3) is 0 Å². The summed E-state index contributed by atoms with van der Waals surface area (Å²) in [6.07, 6.45) is 4.36. The van der Waals surface area contributed by atoms with Gasteiger partial charge in [-0.25, -0.2) is 4.39 Å².